The monoisotopic (exact) mass is 153 g/mol. The zero-order valence-electron chi connectivity index (χ0n) is 6.45. The lowest BCUT2D eigenvalue weighted by Crippen LogP contribution is -1.87. The van der Waals surface area contributed by atoms with Crippen LogP contribution in [0.5, 0.6) is 0 Å². The van der Waals surface area contributed by atoms with Gasteiger partial charge >= 0.3 is 0 Å². The second-order valence-corrected chi connectivity index (χ2v) is 2.21. The van der Waals surface area contributed by atoms with E-state index in [9.17, 15) is 0 Å². The van der Waals surface area contributed by atoms with Gasteiger partial charge in [0.05, 0.1) is 19.4 Å². The molecule has 0 amide bonds. The zero-order chi connectivity index (χ0) is 8.10. The summed E-state index contributed by atoms with van der Waals surface area (Å²) in [5.74, 6) is 1.60. The van der Waals surface area contributed by atoms with Crippen LogP contribution < -0.4 is 0 Å². The van der Waals surface area contributed by atoms with E-state index >= 15 is 0 Å². The summed E-state index contributed by atoms with van der Waals surface area (Å²) in [5, 5.41) is 8.41. The second-order valence-electron chi connectivity index (χ2n) is 2.21. The Balaban J connectivity index is 2.50. The molecule has 0 atom stereocenters. The average molecular weight is 153 g/mol. The fourth-order valence-corrected chi connectivity index (χ4v) is 0.735. The minimum atomic E-state index is 0.0796. The maximum absolute atomic E-state index is 8.41. The molecule has 11 heavy (non-hydrogen) atoms. The molecule has 1 aromatic heterocycles. The number of aliphatic hydroxyl groups is 1. The summed E-state index contributed by atoms with van der Waals surface area (Å²) in [6.07, 6.45) is 1.61. The van der Waals surface area contributed by atoms with Gasteiger partial charge in [0.15, 0.2) is 0 Å². The number of hydrogen-bond donors (Lipinski definition) is 1. The third-order valence-corrected chi connectivity index (χ3v) is 1.21. The first-order chi connectivity index (χ1) is 5.33. The van der Waals surface area contributed by atoms with Crippen LogP contribution >= 0.6 is 0 Å². The molecule has 1 aromatic rings. The Hall–Kier alpha value is -1.09. The summed E-state index contributed by atoms with van der Waals surface area (Å²) in [5.41, 5.74) is 0. The molecule has 0 bridgehead atoms. The number of nitrogens with zero attached hydrogens (tertiary/aromatic N) is 1. The first-order valence-electron chi connectivity index (χ1n) is 3.50. The number of aliphatic imine (C=N–C) groups is 1. The SMILES string of the molecule is Cc1ccc(C=NCCO)o1. The van der Waals surface area contributed by atoms with Gasteiger partial charge in [0, 0.05) is 0 Å². The van der Waals surface area contributed by atoms with E-state index in [2.05, 4.69) is 4.99 Å². The Kier molecular flexibility index (Phi) is 2.86. The van der Waals surface area contributed by atoms with Crippen molar-refractivity contribution < 1.29 is 9.52 Å². The topological polar surface area (TPSA) is 45.7 Å². The van der Waals surface area contributed by atoms with Crippen molar-refractivity contribution >= 4 is 6.21 Å². The van der Waals surface area contributed by atoms with Gasteiger partial charge in [0.25, 0.3) is 0 Å². The molecule has 3 nitrogen and oxygen atoms in total. The molecule has 0 fully saturated rings. The lowest BCUT2D eigenvalue weighted by atomic mass is 10.4. The Morgan fingerprint density at radius 1 is 1.64 bits per heavy atom. The fourth-order valence-electron chi connectivity index (χ4n) is 0.735. The highest BCUT2D eigenvalue weighted by atomic mass is 16.3. The lowest BCUT2D eigenvalue weighted by Gasteiger charge is -1.84. The molecule has 0 saturated carbocycles. The zero-order valence-corrected chi connectivity index (χ0v) is 6.45. The molecule has 0 aromatic carbocycles. The summed E-state index contributed by atoms with van der Waals surface area (Å²) in [7, 11) is 0. The molecule has 0 aliphatic heterocycles. The van der Waals surface area contributed by atoms with Crippen molar-refractivity contribution in [1.82, 2.24) is 0 Å². The molecule has 0 spiro atoms. The number of rotatable bonds is 3. The van der Waals surface area contributed by atoms with E-state index in [1.807, 2.05) is 19.1 Å². The Bertz CT molecular complexity index is 240. The molecule has 1 rings (SSSR count). The van der Waals surface area contributed by atoms with Gasteiger partial charge in [-0.2, -0.15) is 0 Å². The van der Waals surface area contributed by atoms with E-state index in [4.69, 9.17) is 9.52 Å². The largest absolute Gasteiger partial charge is 0.460 e. The normalized spacial score (nSPS) is 11.1. The van der Waals surface area contributed by atoms with Gasteiger partial charge in [0.2, 0.25) is 0 Å². The highest BCUT2D eigenvalue weighted by molar-refractivity contribution is 5.75. The van der Waals surface area contributed by atoms with Crippen LogP contribution in [0.4, 0.5) is 0 Å². The Labute approximate surface area is 65.4 Å². The molecular formula is C8H11NO2. The minimum Gasteiger partial charge on any atom is -0.460 e. The molecule has 3 heteroatoms. The van der Waals surface area contributed by atoms with Crippen LogP contribution in [0.15, 0.2) is 21.5 Å². The first-order valence-corrected chi connectivity index (χ1v) is 3.50. The second kappa shape index (κ2) is 3.93. The van der Waals surface area contributed by atoms with Gasteiger partial charge in [-0.25, -0.2) is 0 Å². The summed E-state index contributed by atoms with van der Waals surface area (Å²) < 4.78 is 5.20. The third-order valence-electron chi connectivity index (χ3n) is 1.21. The van der Waals surface area contributed by atoms with E-state index in [0.29, 0.717) is 6.54 Å². The summed E-state index contributed by atoms with van der Waals surface area (Å²) in [4.78, 5) is 3.90. The van der Waals surface area contributed by atoms with Crippen LogP contribution in [0.3, 0.4) is 0 Å². The van der Waals surface area contributed by atoms with Crippen LogP contribution in [-0.4, -0.2) is 24.5 Å². The van der Waals surface area contributed by atoms with Crippen molar-refractivity contribution in [1.29, 1.82) is 0 Å². The molecule has 60 valence electrons. The number of hydrogen-bond acceptors (Lipinski definition) is 3. The van der Waals surface area contributed by atoms with Gasteiger partial charge < -0.3 is 9.52 Å². The lowest BCUT2D eigenvalue weighted by molar-refractivity contribution is 0.307. The van der Waals surface area contributed by atoms with Crippen LogP contribution in [0.1, 0.15) is 11.5 Å². The molecule has 1 heterocycles. The van der Waals surface area contributed by atoms with Crippen LogP contribution in [-0.2, 0) is 0 Å². The van der Waals surface area contributed by atoms with E-state index < -0.39 is 0 Å². The van der Waals surface area contributed by atoms with E-state index in [1.54, 1.807) is 6.21 Å². The van der Waals surface area contributed by atoms with E-state index in [0.717, 1.165) is 11.5 Å². The molecule has 0 aliphatic carbocycles. The quantitative estimate of drug-likeness (QED) is 0.658. The molecular weight excluding hydrogens is 142 g/mol. The number of aliphatic hydroxyl groups excluding tert-OH is 1. The van der Waals surface area contributed by atoms with Crippen molar-refractivity contribution in [3.63, 3.8) is 0 Å². The maximum atomic E-state index is 8.41. The van der Waals surface area contributed by atoms with Gasteiger partial charge in [-0.3, -0.25) is 4.99 Å². The van der Waals surface area contributed by atoms with Gasteiger partial charge in [0.1, 0.15) is 11.5 Å². The van der Waals surface area contributed by atoms with E-state index in [1.165, 1.54) is 0 Å². The summed E-state index contributed by atoms with van der Waals surface area (Å²) >= 11 is 0. The molecule has 1 N–H and O–H groups in total. The van der Waals surface area contributed by atoms with Gasteiger partial charge in [-0.1, -0.05) is 0 Å². The van der Waals surface area contributed by atoms with Crippen LogP contribution in [0, 0.1) is 6.92 Å². The predicted octanol–water partition coefficient (Wildman–Crippen LogP) is 0.999. The summed E-state index contributed by atoms with van der Waals surface area (Å²) in [6, 6.07) is 3.72. The molecule has 0 unspecified atom stereocenters. The highest BCUT2D eigenvalue weighted by Gasteiger charge is 1.91. The molecule has 0 aliphatic rings. The molecule has 0 saturated heterocycles. The van der Waals surface area contributed by atoms with Crippen LogP contribution in [0.2, 0.25) is 0 Å². The predicted molar refractivity (Wildman–Crippen MR) is 43.0 cm³/mol. The Morgan fingerprint density at radius 2 is 2.45 bits per heavy atom. The van der Waals surface area contributed by atoms with Crippen molar-refractivity contribution in [3.8, 4) is 0 Å². The average Bonchev–Trinajstić information content (AvgIpc) is 2.37. The Morgan fingerprint density at radius 3 is 3.00 bits per heavy atom. The maximum Gasteiger partial charge on any atom is 0.144 e. The van der Waals surface area contributed by atoms with Gasteiger partial charge in [-0.15, -0.1) is 0 Å². The van der Waals surface area contributed by atoms with Crippen molar-refractivity contribution in [2.75, 3.05) is 13.2 Å². The molecule has 0 radical (unpaired) electrons. The minimum absolute atomic E-state index is 0.0796. The van der Waals surface area contributed by atoms with Crippen LogP contribution in [0.25, 0.3) is 0 Å². The third kappa shape index (κ3) is 2.55. The summed E-state index contributed by atoms with van der Waals surface area (Å²) in [6.45, 7) is 2.39. The number of aryl methyl sites for hydroxylation is 1. The van der Waals surface area contributed by atoms with Crippen molar-refractivity contribution in [2.24, 2.45) is 4.99 Å². The smallest absolute Gasteiger partial charge is 0.144 e. The van der Waals surface area contributed by atoms with Crippen molar-refractivity contribution in [3.05, 3.63) is 23.7 Å². The highest BCUT2D eigenvalue weighted by Crippen LogP contribution is 2.02. The standard InChI is InChI=1S/C8H11NO2/c1-7-2-3-8(11-7)6-9-4-5-10/h2-3,6,10H,4-5H2,1H3. The van der Waals surface area contributed by atoms with Gasteiger partial charge in [-0.05, 0) is 19.1 Å². The fraction of sp³-hybridized carbons (Fsp3) is 0.375. The van der Waals surface area contributed by atoms with E-state index in [-0.39, 0.29) is 6.61 Å². The first kappa shape index (κ1) is 8.01. The van der Waals surface area contributed by atoms with Crippen molar-refractivity contribution in [2.45, 2.75) is 6.92 Å². The number of furan rings is 1.